The lowest BCUT2D eigenvalue weighted by Crippen LogP contribution is -2.49. The number of nitrogens with one attached hydrogen (secondary N) is 2. The van der Waals surface area contributed by atoms with Crippen LogP contribution in [0.3, 0.4) is 0 Å². The van der Waals surface area contributed by atoms with E-state index in [0.29, 0.717) is 18.1 Å². The largest absolute Gasteiger partial charge is 0.506 e. The summed E-state index contributed by atoms with van der Waals surface area (Å²) in [6.45, 7) is 9.24. The van der Waals surface area contributed by atoms with Crippen LogP contribution in [0.15, 0.2) is 48.5 Å². The van der Waals surface area contributed by atoms with Crippen molar-refractivity contribution in [1.82, 2.24) is 10.3 Å². The van der Waals surface area contributed by atoms with Gasteiger partial charge in [0.2, 0.25) is 0 Å². The van der Waals surface area contributed by atoms with Crippen molar-refractivity contribution in [3.63, 3.8) is 0 Å². The van der Waals surface area contributed by atoms with E-state index in [1.54, 1.807) is 6.07 Å². The van der Waals surface area contributed by atoms with Crippen molar-refractivity contribution < 1.29 is 5.11 Å². The van der Waals surface area contributed by atoms with Gasteiger partial charge in [0.05, 0.1) is 0 Å². The molecule has 4 rings (SSSR count). The Hall–Kier alpha value is -2.21. The number of phenols is 1. The Morgan fingerprint density at radius 3 is 2.44 bits per heavy atom. The molecule has 0 amide bonds. The molecular formula is C25H32Cl2N4O. The second kappa shape index (κ2) is 10.2. The van der Waals surface area contributed by atoms with Crippen LogP contribution in [0.25, 0.3) is 10.9 Å². The predicted molar refractivity (Wildman–Crippen MR) is 138 cm³/mol. The number of phenolic OH excluding ortho intramolecular Hbond substituents is 1. The van der Waals surface area contributed by atoms with E-state index >= 15 is 0 Å². The van der Waals surface area contributed by atoms with Gasteiger partial charge in [-0.2, -0.15) is 0 Å². The number of hydrogen-bond acceptors (Lipinski definition) is 5. The van der Waals surface area contributed by atoms with Crippen molar-refractivity contribution in [3.8, 4) is 5.75 Å². The average molecular weight is 475 g/mol. The lowest BCUT2D eigenvalue weighted by atomic mass is 9.99. The highest BCUT2D eigenvalue weighted by Gasteiger charge is 2.24. The van der Waals surface area contributed by atoms with E-state index < -0.39 is 0 Å². The van der Waals surface area contributed by atoms with Crippen LogP contribution in [0.4, 0.5) is 11.5 Å². The van der Waals surface area contributed by atoms with Crippen molar-refractivity contribution in [3.05, 3.63) is 59.1 Å². The molecule has 2 heterocycles. The monoisotopic (exact) mass is 474 g/mol. The molecule has 0 unspecified atom stereocenters. The van der Waals surface area contributed by atoms with Crippen molar-refractivity contribution in [1.29, 1.82) is 0 Å². The van der Waals surface area contributed by atoms with Gasteiger partial charge in [-0.15, -0.1) is 12.4 Å². The Bertz CT molecular complexity index is 1040. The van der Waals surface area contributed by atoms with Gasteiger partial charge in [0.25, 0.3) is 0 Å². The SMILES string of the molecule is CC(C)(C)NC1CCN(c2cc(NCc3ccc(Cl)cc3)nc3c(O)cccc23)CC1.Cl. The fraction of sp³-hybridized carbons (Fsp3) is 0.400. The Labute approximate surface area is 201 Å². The van der Waals surface area contributed by atoms with E-state index in [4.69, 9.17) is 16.6 Å². The van der Waals surface area contributed by atoms with Gasteiger partial charge in [0, 0.05) is 53.4 Å². The molecule has 7 heteroatoms. The molecule has 32 heavy (non-hydrogen) atoms. The summed E-state index contributed by atoms with van der Waals surface area (Å²) in [5, 5.41) is 19.3. The van der Waals surface area contributed by atoms with Crippen LogP contribution in [-0.2, 0) is 6.54 Å². The molecule has 1 aromatic heterocycles. The molecule has 172 valence electrons. The highest BCUT2D eigenvalue weighted by Crippen LogP contribution is 2.34. The third kappa shape index (κ3) is 5.97. The highest BCUT2D eigenvalue weighted by atomic mass is 35.5. The molecule has 3 aromatic rings. The molecule has 3 N–H and O–H groups in total. The number of benzene rings is 2. The number of pyridine rings is 1. The van der Waals surface area contributed by atoms with Crippen LogP contribution >= 0.6 is 24.0 Å². The maximum atomic E-state index is 10.5. The maximum Gasteiger partial charge on any atom is 0.141 e. The van der Waals surface area contributed by atoms with Crippen molar-refractivity contribution in [2.24, 2.45) is 0 Å². The standard InChI is InChI=1S/C25H31ClN4O.ClH/c1-25(2,3)29-19-11-13-30(14-12-19)21-15-23(27-16-17-7-9-18(26)10-8-17)28-24-20(21)5-4-6-22(24)31;/h4-10,15,19,29,31H,11-14,16H2,1-3H3,(H,27,28);1H. The van der Waals surface area contributed by atoms with Gasteiger partial charge in [-0.05, 0) is 57.4 Å². The molecule has 2 aromatic carbocycles. The fourth-order valence-electron chi connectivity index (χ4n) is 4.24. The summed E-state index contributed by atoms with van der Waals surface area (Å²) < 4.78 is 0. The zero-order chi connectivity index (χ0) is 22.0. The van der Waals surface area contributed by atoms with Crippen molar-refractivity contribution in [2.75, 3.05) is 23.3 Å². The number of rotatable bonds is 5. The van der Waals surface area contributed by atoms with Gasteiger partial charge in [-0.3, -0.25) is 0 Å². The van der Waals surface area contributed by atoms with E-state index in [9.17, 15) is 5.11 Å². The van der Waals surface area contributed by atoms with Crippen LogP contribution in [0.1, 0.15) is 39.2 Å². The lowest BCUT2D eigenvalue weighted by molar-refractivity contribution is 0.317. The summed E-state index contributed by atoms with van der Waals surface area (Å²) in [4.78, 5) is 7.11. The molecule has 1 saturated heterocycles. The minimum absolute atomic E-state index is 0. The molecule has 1 aliphatic heterocycles. The molecule has 0 atom stereocenters. The first kappa shape index (κ1) is 24.4. The van der Waals surface area contributed by atoms with Crippen molar-refractivity contribution >= 4 is 46.4 Å². The first-order valence-electron chi connectivity index (χ1n) is 10.9. The average Bonchev–Trinajstić information content (AvgIpc) is 2.73. The van der Waals surface area contributed by atoms with E-state index in [0.717, 1.165) is 53.4 Å². The number of para-hydroxylation sites is 1. The quantitative estimate of drug-likeness (QED) is 0.424. The zero-order valence-electron chi connectivity index (χ0n) is 18.9. The van der Waals surface area contributed by atoms with E-state index in [2.05, 4.69) is 42.4 Å². The third-order valence-corrected chi connectivity index (χ3v) is 5.91. The molecule has 1 fully saturated rings. The summed E-state index contributed by atoms with van der Waals surface area (Å²) in [6, 6.07) is 16.0. The number of fused-ring (bicyclic) bond motifs is 1. The van der Waals surface area contributed by atoms with Crippen LogP contribution in [0.5, 0.6) is 5.75 Å². The molecule has 0 saturated carbocycles. The number of aromatic nitrogens is 1. The molecular weight excluding hydrogens is 443 g/mol. The first-order chi connectivity index (χ1) is 14.8. The molecule has 0 radical (unpaired) electrons. The van der Waals surface area contributed by atoms with E-state index in [1.807, 2.05) is 36.4 Å². The molecule has 1 aliphatic rings. The van der Waals surface area contributed by atoms with Crippen LogP contribution in [0.2, 0.25) is 5.02 Å². The van der Waals surface area contributed by atoms with Gasteiger partial charge in [0.15, 0.2) is 0 Å². The van der Waals surface area contributed by atoms with Gasteiger partial charge in [-0.25, -0.2) is 4.98 Å². The van der Waals surface area contributed by atoms with Gasteiger partial charge >= 0.3 is 0 Å². The zero-order valence-corrected chi connectivity index (χ0v) is 20.4. The number of aromatic hydroxyl groups is 1. The molecule has 0 aliphatic carbocycles. The highest BCUT2D eigenvalue weighted by molar-refractivity contribution is 6.30. The number of halogens is 2. The Kier molecular flexibility index (Phi) is 7.75. The van der Waals surface area contributed by atoms with Crippen LogP contribution in [-0.4, -0.2) is 34.8 Å². The van der Waals surface area contributed by atoms with Crippen molar-refractivity contribution in [2.45, 2.75) is 51.7 Å². The summed E-state index contributed by atoms with van der Waals surface area (Å²) in [7, 11) is 0. The smallest absolute Gasteiger partial charge is 0.141 e. The number of hydrogen-bond donors (Lipinski definition) is 3. The van der Waals surface area contributed by atoms with Gasteiger partial charge in [0.1, 0.15) is 17.1 Å². The van der Waals surface area contributed by atoms with E-state index in [-0.39, 0.29) is 23.7 Å². The minimum atomic E-state index is 0. The minimum Gasteiger partial charge on any atom is -0.506 e. The summed E-state index contributed by atoms with van der Waals surface area (Å²) in [6.07, 6.45) is 2.18. The van der Waals surface area contributed by atoms with Crippen LogP contribution < -0.4 is 15.5 Å². The Morgan fingerprint density at radius 2 is 1.78 bits per heavy atom. The normalized spacial score (nSPS) is 14.9. The lowest BCUT2D eigenvalue weighted by Gasteiger charge is -2.37. The Morgan fingerprint density at radius 1 is 1.09 bits per heavy atom. The molecule has 0 spiro atoms. The van der Waals surface area contributed by atoms with Crippen LogP contribution in [0, 0.1) is 0 Å². The Balaban J connectivity index is 0.00000289. The topological polar surface area (TPSA) is 60.4 Å². The second-order valence-electron chi connectivity index (χ2n) is 9.34. The first-order valence-corrected chi connectivity index (χ1v) is 11.3. The maximum absolute atomic E-state index is 10.5. The van der Waals surface area contributed by atoms with Gasteiger partial charge in [-0.1, -0.05) is 35.9 Å². The second-order valence-corrected chi connectivity index (χ2v) is 9.77. The number of piperidine rings is 1. The molecule has 0 bridgehead atoms. The van der Waals surface area contributed by atoms with E-state index in [1.165, 1.54) is 0 Å². The number of anilines is 2. The van der Waals surface area contributed by atoms with Gasteiger partial charge < -0.3 is 20.6 Å². The fourth-order valence-corrected chi connectivity index (χ4v) is 4.37. The summed E-state index contributed by atoms with van der Waals surface area (Å²) >= 11 is 5.99. The predicted octanol–water partition coefficient (Wildman–Crippen LogP) is 5.98. The third-order valence-electron chi connectivity index (χ3n) is 5.66. The number of nitrogens with zero attached hydrogens (tertiary/aromatic N) is 2. The summed E-state index contributed by atoms with van der Waals surface area (Å²) in [5.74, 6) is 0.965. The molecule has 5 nitrogen and oxygen atoms in total. The summed E-state index contributed by atoms with van der Waals surface area (Å²) in [5.41, 5.74) is 3.00.